The standard InChI is InChI=1S/C31H28N6O4/c1-2-27-32-17-26(34-27)20-9-11-22(12-10-20)33-30(21-7-5-19(6-8-21)18-36-15-3-4-28(36)38)29-24-16-23(37(40)41)13-14-25(24)35-31(29)39/h5-14,16-17,29H,2-4,15,18H2,1H3,(H,32,34)(H,35,39). The molecule has 1 fully saturated rings. The van der Waals surface area contributed by atoms with Gasteiger partial charge in [-0.1, -0.05) is 43.3 Å². The first-order valence-electron chi connectivity index (χ1n) is 13.6. The van der Waals surface area contributed by atoms with E-state index in [4.69, 9.17) is 4.99 Å². The summed E-state index contributed by atoms with van der Waals surface area (Å²) in [6.07, 6.45) is 4.06. The summed E-state index contributed by atoms with van der Waals surface area (Å²) in [5.41, 5.74) is 5.62. The number of nitrogens with one attached hydrogen (secondary N) is 2. The van der Waals surface area contributed by atoms with Gasteiger partial charge >= 0.3 is 0 Å². The van der Waals surface area contributed by atoms with Gasteiger partial charge in [-0.25, -0.2) is 4.98 Å². The molecule has 3 heterocycles. The Kier molecular flexibility index (Phi) is 6.88. The molecule has 1 aromatic heterocycles. The molecule has 6 rings (SSSR count). The van der Waals surface area contributed by atoms with Crippen molar-refractivity contribution < 1.29 is 14.5 Å². The molecule has 2 amide bonds. The number of aromatic amines is 1. The molecule has 2 N–H and O–H groups in total. The Morgan fingerprint density at radius 1 is 1.10 bits per heavy atom. The Hall–Kier alpha value is -5.12. The third kappa shape index (κ3) is 5.23. The van der Waals surface area contributed by atoms with Gasteiger partial charge in [0.05, 0.1) is 28.2 Å². The van der Waals surface area contributed by atoms with Gasteiger partial charge in [0.15, 0.2) is 0 Å². The number of benzene rings is 3. The van der Waals surface area contributed by atoms with Crippen molar-refractivity contribution in [2.75, 3.05) is 11.9 Å². The van der Waals surface area contributed by atoms with Crippen LogP contribution in [0, 0.1) is 10.1 Å². The fourth-order valence-corrected chi connectivity index (χ4v) is 5.35. The number of aromatic nitrogens is 2. The number of aliphatic imine (C=N–C) groups is 1. The second kappa shape index (κ2) is 10.8. The molecule has 206 valence electrons. The monoisotopic (exact) mass is 548 g/mol. The number of carbonyl (C=O) groups is 2. The Labute approximate surface area is 236 Å². The maximum Gasteiger partial charge on any atom is 0.269 e. The molecule has 1 unspecified atom stereocenters. The van der Waals surface area contributed by atoms with Crippen LogP contribution >= 0.6 is 0 Å². The highest BCUT2D eigenvalue weighted by atomic mass is 16.6. The Morgan fingerprint density at radius 3 is 2.54 bits per heavy atom. The lowest BCUT2D eigenvalue weighted by atomic mass is 9.90. The third-order valence-corrected chi connectivity index (χ3v) is 7.54. The number of anilines is 1. The van der Waals surface area contributed by atoms with Gasteiger partial charge in [-0.2, -0.15) is 0 Å². The number of nitro benzene ring substituents is 1. The number of nitro groups is 1. The number of hydrogen-bond donors (Lipinski definition) is 2. The van der Waals surface area contributed by atoms with Crippen molar-refractivity contribution in [3.05, 3.63) is 106 Å². The average Bonchev–Trinajstić information content (AvgIpc) is 3.70. The summed E-state index contributed by atoms with van der Waals surface area (Å²) in [7, 11) is 0. The average molecular weight is 549 g/mol. The lowest BCUT2D eigenvalue weighted by Crippen LogP contribution is -2.24. The Balaban J connectivity index is 1.38. The number of non-ortho nitro benzene ring substituents is 1. The van der Waals surface area contributed by atoms with Crippen LogP contribution in [0.2, 0.25) is 0 Å². The summed E-state index contributed by atoms with van der Waals surface area (Å²) in [6.45, 7) is 3.31. The SMILES string of the molecule is CCc1ncc(-c2ccc(N=C(c3ccc(CN4CCCC4=O)cc3)C3C(=O)Nc4ccc([N+](=O)[O-])cc43)cc2)[nH]1. The van der Waals surface area contributed by atoms with E-state index in [2.05, 4.69) is 15.3 Å². The number of carbonyl (C=O) groups excluding carboxylic acids is 2. The molecule has 10 heteroatoms. The van der Waals surface area contributed by atoms with Crippen LogP contribution in [0.25, 0.3) is 11.3 Å². The topological polar surface area (TPSA) is 134 Å². The van der Waals surface area contributed by atoms with E-state index in [0.717, 1.165) is 42.0 Å². The van der Waals surface area contributed by atoms with Crippen molar-refractivity contribution in [2.45, 2.75) is 38.6 Å². The van der Waals surface area contributed by atoms with Crippen LogP contribution in [-0.4, -0.2) is 43.9 Å². The number of hydrogen-bond acceptors (Lipinski definition) is 6. The lowest BCUT2D eigenvalue weighted by Gasteiger charge is -2.17. The zero-order valence-electron chi connectivity index (χ0n) is 22.5. The zero-order valence-corrected chi connectivity index (χ0v) is 22.5. The zero-order chi connectivity index (χ0) is 28.5. The number of fused-ring (bicyclic) bond motifs is 1. The number of aryl methyl sites for hydroxylation is 1. The third-order valence-electron chi connectivity index (χ3n) is 7.54. The molecule has 0 bridgehead atoms. The van der Waals surface area contributed by atoms with E-state index >= 15 is 0 Å². The largest absolute Gasteiger partial charge is 0.342 e. The van der Waals surface area contributed by atoms with Crippen molar-refractivity contribution in [2.24, 2.45) is 4.99 Å². The van der Waals surface area contributed by atoms with E-state index in [0.29, 0.717) is 41.2 Å². The fraction of sp³-hybridized carbons (Fsp3) is 0.226. The molecule has 1 saturated heterocycles. The van der Waals surface area contributed by atoms with Crippen molar-refractivity contribution >= 4 is 34.6 Å². The van der Waals surface area contributed by atoms with Gasteiger partial charge in [0.1, 0.15) is 11.7 Å². The number of likely N-dealkylation sites (tertiary alicyclic amines) is 1. The number of H-pyrrole nitrogens is 1. The second-order valence-corrected chi connectivity index (χ2v) is 10.2. The van der Waals surface area contributed by atoms with Gasteiger partial charge in [-0.05, 0) is 41.3 Å². The van der Waals surface area contributed by atoms with Crippen molar-refractivity contribution in [1.29, 1.82) is 0 Å². The highest BCUT2D eigenvalue weighted by Gasteiger charge is 2.36. The number of nitrogens with zero attached hydrogens (tertiary/aromatic N) is 4. The molecule has 10 nitrogen and oxygen atoms in total. The van der Waals surface area contributed by atoms with Crippen LogP contribution < -0.4 is 5.32 Å². The number of imidazole rings is 1. The van der Waals surface area contributed by atoms with E-state index in [9.17, 15) is 19.7 Å². The van der Waals surface area contributed by atoms with Crippen LogP contribution in [0.15, 0.2) is 77.9 Å². The van der Waals surface area contributed by atoms with Crippen molar-refractivity contribution in [1.82, 2.24) is 14.9 Å². The first-order chi connectivity index (χ1) is 19.9. The Morgan fingerprint density at radius 2 is 1.88 bits per heavy atom. The second-order valence-electron chi connectivity index (χ2n) is 10.2. The summed E-state index contributed by atoms with van der Waals surface area (Å²) >= 11 is 0. The minimum absolute atomic E-state index is 0.0920. The van der Waals surface area contributed by atoms with Gasteiger partial charge in [-0.15, -0.1) is 0 Å². The molecular formula is C31H28N6O4. The molecule has 4 aromatic rings. The van der Waals surface area contributed by atoms with Crippen molar-refractivity contribution in [3.8, 4) is 11.3 Å². The van der Waals surface area contributed by atoms with Crippen LogP contribution in [-0.2, 0) is 22.6 Å². The number of amides is 2. The molecule has 3 aromatic carbocycles. The van der Waals surface area contributed by atoms with E-state index in [1.807, 2.05) is 60.4 Å². The van der Waals surface area contributed by atoms with E-state index in [1.54, 1.807) is 12.3 Å². The predicted octanol–water partition coefficient (Wildman–Crippen LogP) is 5.53. The van der Waals surface area contributed by atoms with E-state index in [1.165, 1.54) is 12.1 Å². The predicted molar refractivity (Wildman–Crippen MR) is 155 cm³/mol. The summed E-state index contributed by atoms with van der Waals surface area (Å²) in [6, 6.07) is 19.6. The molecular weight excluding hydrogens is 520 g/mol. The molecule has 0 spiro atoms. The van der Waals surface area contributed by atoms with Crippen LogP contribution in [0.4, 0.5) is 17.1 Å². The van der Waals surface area contributed by atoms with Gasteiger partial charge < -0.3 is 15.2 Å². The van der Waals surface area contributed by atoms with Crippen LogP contribution in [0.5, 0.6) is 0 Å². The highest BCUT2D eigenvalue weighted by molar-refractivity contribution is 6.24. The summed E-state index contributed by atoms with van der Waals surface area (Å²) in [4.78, 5) is 50.9. The van der Waals surface area contributed by atoms with Crippen LogP contribution in [0.1, 0.15) is 48.2 Å². The van der Waals surface area contributed by atoms with Crippen molar-refractivity contribution in [3.63, 3.8) is 0 Å². The lowest BCUT2D eigenvalue weighted by molar-refractivity contribution is -0.384. The molecule has 1 atom stereocenters. The van der Waals surface area contributed by atoms with E-state index in [-0.39, 0.29) is 17.5 Å². The van der Waals surface area contributed by atoms with E-state index < -0.39 is 10.8 Å². The molecule has 41 heavy (non-hydrogen) atoms. The van der Waals surface area contributed by atoms with Crippen LogP contribution in [0.3, 0.4) is 0 Å². The van der Waals surface area contributed by atoms with Gasteiger partial charge in [0.2, 0.25) is 11.8 Å². The molecule has 0 saturated carbocycles. The number of rotatable bonds is 8. The van der Waals surface area contributed by atoms with Gasteiger partial charge in [-0.3, -0.25) is 24.7 Å². The summed E-state index contributed by atoms with van der Waals surface area (Å²) < 4.78 is 0. The molecule has 2 aliphatic rings. The molecule has 0 radical (unpaired) electrons. The fourth-order valence-electron chi connectivity index (χ4n) is 5.35. The Bertz CT molecular complexity index is 1670. The normalized spacial score (nSPS) is 16.7. The highest BCUT2D eigenvalue weighted by Crippen LogP contribution is 2.38. The first-order valence-corrected chi connectivity index (χ1v) is 13.6. The smallest absolute Gasteiger partial charge is 0.269 e. The first kappa shape index (κ1) is 26.1. The van der Waals surface area contributed by atoms with Gasteiger partial charge in [0, 0.05) is 49.3 Å². The molecule has 0 aliphatic carbocycles. The summed E-state index contributed by atoms with van der Waals surface area (Å²) in [5.74, 6) is -0.0777. The maximum absolute atomic E-state index is 13.3. The summed E-state index contributed by atoms with van der Waals surface area (Å²) in [5, 5.41) is 14.4. The molecule has 2 aliphatic heterocycles. The quantitative estimate of drug-likeness (QED) is 0.170. The minimum atomic E-state index is -0.838. The maximum atomic E-state index is 13.3. The van der Waals surface area contributed by atoms with Gasteiger partial charge in [0.25, 0.3) is 5.69 Å². The minimum Gasteiger partial charge on any atom is -0.342 e.